The molecule has 1 atom stereocenters. The molecule has 1 amide bonds. The van der Waals surface area contributed by atoms with Crippen molar-refractivity contribution in [1.82, 2.24) is 20.4 Å². The summed E-state index contributed by atoms with van der Waals surface area (Å²) < 4.78 is 6.81. The fraction of sp³-hybridized carbons (Fsp3) is 0.375. The Labute approximate surface area is 141 Å². The Bertz CT molecular complexity index is 636. The lowest BCUT2D eigenvalue weighted by atomic mass is 10.2. The van der Waals surface area contributed by atoms with E-state index in [4.69, 9.17) is 4.74 Å². The largest absolute Gasteiger partial charge is 0.497 e. The molecule has 0 bridgehead atoms. The molecule has 23 heavy (non-hydrogen) atoms. The lowest BCUT2D eigenvalue weighted by Gasteiger charge is -2.10. The van der Waals surface area contributed by atoms with Gasteiger partial charge in [-0.3, -0.25) is 4.79 Å². The van der Waals surface area contributed by atoms with Gasteiger partial charge < -0.3 is 15.4 Å². The van der Waals surface area contributed by atoms with E-state index in [0.29, 0.717) is 18.3 Å². The average molecular weight is 337 g/mol. The first-order valence-electron chi connectivity index (χ1n) is 7.48. The summed E-state index contributed by atoms with van der Waals surface area (Å²) in [7, 11) is 1.63. The first kappa shape index (κ1) is 17.3. The Morgan fingerprint density at radius 2 is 2.17 bits per heavy atom. The molecule has 1 unspecified atom stereocenters. The zero-order valence-corrected chi connectivity index (χ0v) is 13.8. The Kier molecular flexibility index (Phi) is 6.01. The van der Waals surface area contributed by atoms with Gasteiger partial charge in [0.25, 0.3) is 5.91 Å². The van der Waals surface area contributed by atoms with E-state index in [0.717, 1.165) is 24.4 Å². The van der Waals surface area contributed by atoms with Gasteiger partial charge in [-0.15, -0.1) is 12.4 Å². The number of nitrogens with one attached hydrogen (secondary N) is 2. The van der Waals surface area contributed by atoms with E-state index in [1.165, 1.54) is 6.42 Å². The third kappa shape index (κ3) is 4.24. The average Bonchev–Trinajstić information content (AvgIpc) is 3.24. The van der Waals surface area contributed by atoms with Crippen molar-refractivity contribution in [3.63, 3.8) is 0 Å². The second kappa shape index (κ2) is 7.99. The predicted octanol–water partition coefficient (Wildman–Crippen LogP) is 1.78. The summed E-state index contributed by atoms with van der Waals surface area (Å²) in [6, 6.07) is 9.63. The Balaban J connectivity index is 0.00000192. The zero-order valence-electron chi connectivity index (χ0n) is 13.0. The number of halogens is 1. The van der Waals surface area contributed by atoms with Crippen LogP contribution in [0.15, 0.2) is 36.5 Å². The maximum absolute atomic E-state index is 12.1. The number of ether oxygens (including phenoxy) is 1. The van der Waals surface area contributed by atoms with E-state index in [-0.39, 0.29) is 18.3 Å². The van der Waals surface area contributed by atoms with E-state index in [2.05, 4.69) is 15.7 Å². The van der Waals surface area contributed by atoms with Gasteiger partial charge in [0.2, 0.25) is 0 Å². The van der Waals surface area contributed by atoms with Crippen molar-refractivity contribution in [3.8, 4) is 11.4 Å². The number of carbonyl (C=O) groups is 1. The number of methoxy groups -OCH3 is 1. The summed E-state index contributed by atoms with van der Waals surface area (Å²) in [4.78, 5) is 12.1. The first-order valence-corrected chi connectivity index (χ1v) is 7.48. The van der Waals surface area contributed by atoms with E-state index >= 15 is 0 Å². The summed E-state index contributed by atoms with van der Waals surface area (Å²) in [5, 5.41) is 10.6. The lowest BCUT2D eigenvalue weighted by Crippen LogP contribution is -2.37. The molecule has 3 rings (SSSR count). The molecule has 1 aliphatic heterocycles. The SMILES string of the molecule is COc1ccc(-n2ccc(C(=O)NCC3CCCN3)n2)cc1.Cl. The van der Waals surface area contributed by atoms with Gasteiger partial charge in [-0.25, -0.2) is 4.68 Å². The number of aromatic nitrogens is 2. The van der Waals surface area contributed by atoms with Gasteiger partial charge in [0, 0.05) is 18.8 Å². The molecule has 6 nitrogen and oxygen atoms in total. The Morgan fingerprint density at radius 1 is 1.39 bits per heavy atom. The molecule has 1 aromatic heterocycles. The van der Waals surface area contributed by atoms with Gasteiger partial charge in [0.15, 0.2) is 5.69 Å². The summed E-state index contributed by atoms with van der Waals surface area (Å²) in [6.07, 6.45) is 4.07. The van der Waals surface area contributed by atoms with Gasteiger partial charge in [0.1, 0.15) is 5.75 Å². The predicted molar refractivity (Wildman–Crippen MR) is 90.7 cm³/mol. The maximum atomic E-state index is 12.1. The quantitative estimate of drug-likeness (QED) is 0.873. The summed E-state index contributed by atoms with van der Waals surface area (Å²) in [5.74, 6) is 0.652. The number of hydrogen-bond acceptors (Lipinski definition) is 4. The lowest BCUT2D eigenvalue weighted by molar-refractivity contribution is 0.0945. The highest BCUT2D eigenvalue weighted by atomic mass is 35.5. The van der Waals surface area contributed by atoms with Gasteiger partial charge >= 0.3 is 0 Å². The van der Waals surface area contributed by atoms with E-state index in [9.17, 15) is 4.79 Å². The number of benzene rings is 1. The summed E-state index contributed by atoms with van der Waals surface area (Å²) >= 11 is 0. The molecule has 1 fully saturated rings. The fourth-order valence-electron chi connectivity index (χ4n) is 2.56. The molecule has 1 aliphatic rings. The molecule has 2 N–H and O–H groups in total. The van der Waals surface area contributed by atoms with Gasteiger partial charge in [-0.1, -0.05) is 0 Å². The maximum Gasteiger partial charge on any atom is 0.271 e. The standard InChI is InChI=1S/C16H20N4O2.ClH/c1-22-14-6-4-13(5-7-14)20-10-8-15(19-20)16(21)18-11-12-3-2-9-17-12;/h4-8,10,12,17H,2-3,9,11H2,1H3,(H,18,21);1H. The van der Waals surface area contributed by atoms with Crippen LogP contribution in [0, 0.1) is 0 Å². The molecule has 0 radical (unpaired) electrons. The highest BCUT2D eigenvalue weighted by molar-refractivity contribution is 5.92. The minimum atomic E-state index is -0.138. The molecule has 1 aromatic carbocycles. The normalized spacial score (nSPS) is 16.7. The van der Waals surface area contributed by atoms with Crippen LogP contribution in [0.4, 0.5) is 0 Å². The van der Waals surface area contributed by atoms with Crippen molar-refractivity contribution in [2.45, 2.75) is 18.9 Å². The van der Waals surface area contributed by atoms with Crippen LogP contribution in [-0.2, 0) is 0 Å². The van der Waals surface area contributed by atoms with Gasteiger partial charge in [-0.2, -0.15) is 5.10 Å². The molecular weight excluding hydrogens is 316 g/mol. The first-order chi connectivity index (χ1) is 10.8. The Hall–Kier alpha value is -2.05. The van der Waals surface area contributed by atoms with Crippen molar-refractivity contribution in [2.24, 2.45) is 0 Å². The van der Waals surface area contributed by atoms with E-state index in [1.54, 1.807) is 24.1 Å². The molecule has 1 saturated heterocycles. The van der Waals surface area contributed by atoms with Crippen LogP contribution >= 0.6 is 12.4 Å². The summed E-state index contributed by atoms with van der Waals surface area (Å²) in [5.41, 5.74) is 1.31. The number of rotatable bonds is 5. The number of nitrogens with zero attached hydrogens (tertiary/aromatic N) is 2. The molecule has 7 heteroatoms. The molecule has 2 heterocycles. The van der Waals surface area contributed by atoms with Gasteiger partial charge in [0.05, 0.1) is 12.8 Å². The van der Waals surface area contributed by atoms with Crippen molar-refractivity contribution >= 4 is 18.3 Å². The highest BCUT2D eigenvalue weighted by Crippen LogP contribution is 2.14. The monoisotopic (exact) mass is 336 g/mol. The van der Waals surface area contributed by atoms with Crippen molar-refractivity contribution in [2.75, 3.05) is 20.2 Å². The van der Waals surface area contributed by atoms with Crippen molar-refractivity contribution in [3.05, 3.63) is 42.2 Å². The van der Waals surface area contributed by atoms with Crippen LogP contribution in [0.1, 0.15) is 23.3 Å². The van der Waals surface area contributed by atoms with Crippen LogP contribution in [0.3, 0.4) is 0 Å². The van der Waals surface area contributed by atoms with Crippen LogP contribution < -0.4 is 15.4 Å². The van der Waals surface area contributed by atoms with E-state index in [1.807, 2.05) is 24.3 Å². The molecular formula is C16H21ClN4O2. The van der Waals surface area contributed by atoms with Crippen LogP contribution in [-0.4, -0.2) is 41.9 Å². The van der Waals surface area contributed by atoms with Crippen LogP contribution in [0.25, 0.3) is 5.69 Å². The number of amides is 1. The minimum Gasteiger partial charge on any atom is -0.497 e. The topological polar surface area (TPSA) is 68.2 Å². The van der Waals surface area contributed by atoms with E-state index < -0.39 is 0 Å². The zero-order chi connectivity index (χ0) is 15.4. The second-order valence-electron chi connectivity index (χ2n) is 5.35. The molecule has 2 aromatic rings. The fourth-order valence-corrected chi connectivity index (χ4v) is 2.56. The third-order valence-corrected chi connectivity index (χ3v) is 3.83. The van der Waals surface area contributed by atoms with Crippen LogP contribution in [0.2, 0.25) is 0 Å². The van der Waals surface area contributed by atoms with Gasteiger partial charge in [-0.05, 0) is 49.7 Å². The van der Waals surface area contributed by atoms with Crippen molar-refractivity contribution in [1.29, 1.82) is 0 Å². The third-order valence-electron chi connectivity index (χ3n) is 3.83. The second-order valence-corrected chi connectivity index (χ2v) is 5.35. The molecule has 0 spiro atoms. The summed E-state index contributed by atoms with van der Waals surface area (Å²) in [6.45, 7) is 1.68. The van der Waals surface area contributed by atoms with Crippen molar-refractivity contribution < 1.29 is 9.53 Å². The number of hydrogen-bond donors (Lipinski definition) is 2. The highest BCUT2D eigenvalue weighted by Gasteiger charge is 2.16. The molecule has 124 valence electrons. The minimum absolute atomic E-state index is 0. The number of carbonyl (C=O) groups excluding carboxylic acids is 1. The molecule has 0 saturated carbocycles. The van der Waals surface area contributed by atoms with Crippen LogP contribution in [0.5, 0.6) is 5.75 Å². The Morgan fingerprint density at radius 3 is 2.83 bits per heavy atom. The molecule has 0 aliphatic carbocycles. The smallest absolute Gasteiger partial charge is 0.271 e.